The minimum absolute atomic E-state index is 0.274. The number of aryl methyl sites for hydroxylation is 1. The zero-order valence-corrected chi connectivity index (χ0v) is 7.78. The molecule has 78 valence electrons. The lowest BCUT2D eigenvalue weighted by Crippen LogP contribution is -2.40. The van der Waals surface area contributed by atoms with Gasteiger partial charge < -0.3 is 4.74 Å². The molecule has 0 bridgehead atoms. The molecule has 2 heterocycles. The Morgan fingerprint density at radius 2 is 2.43 bits per heavy atom. The van der Waals surface area contributed by atoms with Gasteiger partial charge in [-0.15, -0.1) is 5.10 Å². The molecule has 0 aromatic carbocycles. The Hall–Kier alpha value is -1.04. The van der Waals surface area contributed by atoms with Gasteiger partial charge in [-0.05, 0) is 13.3 Å². The SMILES string of the molecule is Cc1cn([C@H]2CCOCC2(F)F)nn1. The van der Waals surface area contributed by atoms with Crippen LogP contribution >= 0.6 is 0 Å². The summed E-state index contributed by atoms with van der Waals surface area (Å²) in [5.41, 5.74) is 0.646. The van der Waals surface area contributed by atoms with Crippen LogP contribution in [0.15, 0.2) is 6.20 Å². The highest BCUT2D eigenvalue weighted by molar-refractivity contribution is 4.93. The molecule has 0 radical (unpaired) electrons. The summed E-state index contributed by atoms with van der Waals surface area (Å²) in [6.45, 7) is 1.54. The minimum Gasteiger partial charge on any atom is -0.375 e. The van der Waals surface area contributed by atoms with E-state index in [0.717, 1.165) is 0 Å². The Bertz CT molecular complexity index is 326. The molecule has 1 aliphatic heterocycles. The molecule has 0 saturated carbocycles. The second-order valence-electron chi connectivity index (χ2n) is 3.46. The van der Waals surface area contributed by atoms with Crippen molar-refractivity contribution in [3.05, 3.63) is 11.9 Å². The number of rotatable bonds is 1. The average molecular weight is 203 g/mol. The molecule has 0 unspecified atom stereocenters. The molecule has 1 aromatic heterocycles. The maximum atomic E-state index is 13.4. The molecule has 0 N–H and O–H groups in total. The third-order valence-corrected chi connectivity index (χ3v) is 2.26. The Labute approximate surface area is 79.9 Å². The molecule has 1 fully saturated rings. The summed E-state index contributed by atoms with van der Waals surface area (Å²) in [6, 6.07) is -0.919. The van der Waals surface area contributed by atoms with Crippen molar-refractivity contribution in [1.29, 1.82) is 0 Å². The van der Waals surface area contributed by atoms with Gasteiger partial charge in [-0.3, -0.25) is 0 Å². The lowest BCUT2D eigenvalue weighted by molar-refractivity contribution is -0.150. The molecule has 14 heavy (non-hydrogen) atoms. The predicted molar refractivity (Wildman–Crippen MR) is 44.2 cm³/mol. The van der Waals surface area contributed by atoms with Crippen molar-refractivity contribution in [3.8, 4) is 0 Å². The second-order valence-corrected chi connectivity index (χ2v) is 3.46. The topological polar surface area (TPSA) is 39.9 Å². The summed E-state index contributed by atoms with van der Waals surface area (Å²) in [6.07, 6.45) is 1.81. The fraction of sp³-hybridized carbons (Fsp3) is 0.750. The summed E-state index contributed by atoms with van der Waals surface area (Å²) in [4.78, 5) is 0. The fourth-order valence-electron chi connectivity index (χ4n) is 1.55. The Kier molecular flexibility index (Phi) is 2.22. The van der Waals surface area contributed by atoms with Crippen LogP contribution in [0.5, 0.6) is 0 Å². The van der Waals surface area contributed by atoms with Gasteiger partial charge in [0.15, 0.2) is 0 Å². The van der Waals surface area contributed by atoms with Crippen molar-refractivity contribution < 1.29 is 13.5 Å². The molecule has 0 aliphatic carbocycles. The largest absolute Gasteiger partial charge is 0.375 e. The van der Waals surface area contributed by atoms with E-state index in [4.69, 9.17) is 4.74 Å². The number of hydrogen-bond donors (Lipinski definition) is 0. The number of alkyl halides is 2. The van der Waals surface area contributed by atoms with Crippen LogP contribution in [0.4, 0.5) is 8.78 Å². The summed E-state index contributed by atoms with van der Waals surface area (Å²) in [5, 5.41) is 7.36. The molecule has 1 aromatic rings. The number of hydrogen-bond acceptors (Lipinski definition) is 3. The van der Waals surface area contributed by atoms with Crippen molar-refractivity contribution >= 4 is 0 Å². The van der Waals surface area contributed by atoms with Crippen LogP contribution in [0.2, 0.25) is 0 Å². The number of nitrogens with zero attached hydrogens (tertiary/aromatic N) is 3. The minimum atomic E-state index is -2.85. The van der Waals surface area contributed by atoms with Gasteiger partial charge >= 0.3 is 0 Å². The first kappa shape index (κ1) is 9.51. The van der Waals surface area contributed by atoms with Gasteiger partial charge in [0.2, 0.25) is 0 Å². The quantitative estimate of drug-likeness (QED) is 0.688. The monoisotopic (exact) mass is 203 g/mol. The molecule has 1 aliphatic rings. The highest BCUT2D eigenvalue weighted by Crippen LogP contribution is 2.34. The number of halogens is 2. The standard InChI is InChI=1S/C8H11F2N3O/c1-6-4-13(12-11-6)7-2-3-14-5-8(7,9)10/h4,7H,2-3,5H2,1H3/t7-/m0/s1. The van der Waals surface area contributed by atoms with E-state index in [1.165, 1.54) is 10.9 Å². The van der Waals surface area contributed by atoms with Crippen molar-refractivity contribution in [1.82, 2.24) is 15.0 Å². The van der Waals surface area contributed by atoms with Gasteiger partial charge in [-0.1, -0.05) is 5.21 Å². The highest BCUT2D eigenvalue weighted by atomic mass is 19.3. The van der Waals surface area contributed by atoms with Gasteiger partial charge in [0, 0.05) is 12.8 Å². The molecule has 4 nitrogen and oxygen atoms in total. The van der Waals surface area contributed by atoms with E-state index < -0.39 is 18.6 Å². The van der Waals surface area contributed by atoms with Crippen LogP contribution in [0.3, 0.4) is 0 Å². The number of ether oxygens (including phenoxy) is 1. The predicted octanol–water partition coefficient (Wildman–Crippen LogP) is 1.18. The molecular formula is C8H11F2N3O. The van der Waals surface area contributed by atoms with E-state index >= 15 is 0 Å². The first-order valence-corrected chi connectivity index (χ1v) is 4.43. The Balaban J connectivity index is 2.23. The van der Waals surface area contributed by atoms with Gasteiger partial charge in [-0.25, -0.2) is 13.5 Å². The van der Waals surface area contributed by atoms with Crippen LogP contribution in [0.1, 0.15) is 18.2 Å². The van der Waals surface area contributed by atoms with E-state index in [2.05, 4.69) is 10.3 Å². The van der Waals surface area contributed by atoms with Crippen LogP contribution in [0, 0.1) is 6.92 Å². The van der Waals surface area contributed by atoms with Gasteiger partial charge in [0.05, 0.1) is 5.69 Å². The van der Waals surface area contributed by atoms with Crippen LogP contribution in [-0.4, -0.2) is 34.1 Å². The molecule has 1 atom stereocenters. The molecule has 6 heteroatoms. The molecular weight excluding hydrogens is 192 g/mol. The lowest BCUT2D eigenvalue weighted by Gasteiger charge is -2.30. The first-order chi connectivity index (χ1) is 6.59. The van der Waals surface area contributed by atoms with E-state index in [1.807, 2.05) is 0 Å². The zero-order valence-electron chi connectivity index (χ0n) is 7.78. The Morgan fingerprint density at radius 3 is 3.00 bits per heavy atom. The van der Waals surface area contributed by atoms with E-state index in [1.54, 1.807) is 6.92 Å². The second kappa shape index (κ2) is 3.27. The molecule has 2 rings (SSSR count). The molecule has 1 saturated heterocycles. The maximum absolute atomic E-state index is 13.4. The lowest BCUT2D eigenvalue weighted by atomic mass is 10.1. The van der Waals surface area contributed by atoms with Gasteiger partial charge in [0.1, 0.15) is 12.6 Å². The molecule has 0 spiro atoms. The first-order valence-electron chi connectivity index (χ1n) is 4.43. The van der Waals surface area contributed by atoms with Crippen LogP contribution < -0.4 is 0 Å². The summed E-state index contributed by atoms with van der Waals surface area (Å²) < 4.78 is 32.7. The molecule has 0 amide bonds. The summed E-state index contributed by atoms with van der Waals surface area (Å²) >= 11 is 0. The van der Waals surface area contributed by atoms with Crippen molar-refractivity contribution in [2.75, 3.05) is 13.2 Å². The van der Waals surface area contributed by atoms with Gasteiger partial charge in [0.25, 0.3) is 5.92 Å². The van der Waals surface area contributed by atoms with E-state index in [0.29, 0.717) is 12.3 Å². The van der Waals surface area contributed by atoms with Crippen molar-refractivity contribution in [2.24, 2.45) is 0 Å². The zero-order chi connectivity index (χ0) is 10.2. The fourth-order valence-corrected chi connectivity index (χ4v) is 1.55. The Morgan fingerprint density at radius 1 is 1.64 bits per heavy atom. The average Bonchev–Trinajstić information content (AvgIpc) is 2.51. The highest BCUT2D eigenvalue weighted by Gasteiger charge is 2.44. The maximum Gasteiger partial charge on any atom is 0.292 e. The summed E-state index contributed by atoms with van der Waals surface area (Å²) in [7, 11) is 0. The smallest absolute Gasteiger partial charge is 0.292 e. The number of aromatic nitrogens is 3. The van der Waals surface area contributed by atoms with Crippen molar-refractivity contribution in [3.63, 3.8) is 0 Å². The third-order valence-electron chi connectivity index (χ3n) is 2.26. The van der Waals surface area contributed by atoms with Gasteiger partial charge in [-0.2, -0.15) is 0 Å². The third kappa shape index (κ3) is 1.61. The van der Waals surface area contributed by atoms with Crippen LogP contribution in [-0.2, 0) is 4.74 Å². The normalized spacial score (nSPS) is 26.4. The van der Waals surface area contributed by atoms with E-state index in [9.17, 15) is 8.78 Å². The van der Waals surface area contributed by atoms with Crippen molar-refractivity contribution in [2.45, 2.75) is 25.3 Å². The van der Waals surface area contributed by atoms with Crippen LogP contribution in [0.25, 0.3) is 0 Å². The summed E-state index contributed by atoms with van der Waals surface area (Å²) in [5.74, 6) is -2.85. The van der Waals surface area contributed by atoms with E-state index in [-0.39, 0.29) is 6.42 Å².